The van der Waals surface area contributed by atoms with Crippen LogP contribution in [-0.2, 0) is 17.1 Å². The highest BCUT2D eigenvalue weighted by Crippen LogP contribution is 2.18. The Morgan fingerprint density at radius 1 is 1.43 bits per heavy atom. The first-order valence-electron chi connectivity index (χ1n) is 6.75. The van der Waals surface area contributed by atoms with Crippen molar-refractivity contribution in [3.8, 4) is 0 Å². The summed E-state index contributed by atoms with van der Waals surface area (Å²) >= 11 is 0. The van der Waals surface area contributed by atoms with Crippen molar-refractivity contribution in [1.82, 2.24) is 8.87 Å². The highest BCUT2D eigenvalue weighted by Gasteiger charge is 2.24. The average molecular weight is 316 g/mol. The molecule has 8 heteroatoms. The van der Waals surface area contributed by atoms with Crippen LogP contribution in [-0.4, -0.2) is 42.8 Å². The van der Waals surface area contributed by atoms with Gasteiger partial charge in [0.2, 0.25) is 10.0 Å². The zero-order valence-corrected chi connectivity index (χ0v) is 13.7. The first-order valence-corrected chi connectivity index (χ1v) is 8.19. The first-order chi connectivity index (χ1) is 9.57. The quantitative estimate of drug-likeness (QED) is 0.744. The van der Waals surface area contributed by atoms with E-state index in [-0.39, 0.29) is 16.6 Å². The smallest absolute Gasteiger partial charge is 0.265 e. The normalized spacial score (nSPS) is 13.9. The van der Waals surface area contributed by atoms with Crippen LogP contribution in [0.5, 0.6) is 0 Å². The molecule has 1 atom stereocenters. The Kier molecular flexibility index (Phi) is 5.54. The number of amides is 1. The van der Waals surface area contributed by atoms with Gasteiger partial charge in [-0.1, -0.05) is 13.8 Å². The first kappa shape index (κ1) is 17.7. The maximum atomic E-state index is 12.4. The van der Waals surface area contributed by atoms with Gasteiger partial charge >= 0.3 is 0 Å². The Hall–Kier alpha value is -1.38. The fourth-order valence-electron chi connectivity index (χ4n) is 1.88. The molecule has 21 heavy (non-hydrogen) atoms. The van der Waals surface area contributed by atoms with Crippen molar-refractivity contribution in [3.05, 3.63) is 18.0 Å². The molecule has 0 fully saturated rings. The molecule has 4 N–H and O–H groups in total. The van der Waals surface area contributed by atoms with E-state index in [1.165, 1.54) is 28.2 Å². The van der Waals surface area contributed by atoms with Gasteiger partial charge in [-0.3, -0.25) is 4.79 Å². The second kappa shape index (κ2) is 6.59. The summed E-state index contributed by atoms with van der Waals surface area (Å²) in [6, 6.07) is 1.23. The summed E-state index contributed by atoms with van der Waals surface area (Å²) in [7, 11) is -0.570. The maximum Gasteiger partial charge on any atom is 0.265 e. The second-order valence-corrected chi connectivity index (χ2v) is 7.60. The average Bonchev–Trinajstić information content (AvgIpc) is 2.78. The van der Waals surface area contributed by atoms with Crippen molar-refractivity contribution in [2.24, 2.45) is 24.4 Å². The molecule has 0 aliphatic rings. The number of nitrogens with two attached hydrogens (primary N) is 2. The van der Waals surface area contributed by atoms with E-state index in [0.717, 1.165) is 0 Å². The predicted octanol–water partition coefficient (Wildman–Crippen LogP) is 0.118. The molecule has 7 nitrogen and oxygen atoms in total. The topological polar surface area (TPSA) is 111 Å². The van der Waals surface area contributed by atoms with Gasteiger partial charge in [-0.25, -0.2) is 12.7 Å². The lowest BCUT2D eigenvalue weighted by molar-refractivity contribution is 0.0992. The molecule has 1 heterocycles. The van der Waals surface area contributed by atoms with Gasteiger partial charge in [0.25, 0.3) is 5.91 Å². The van der Waals surface area contributed by atoms with Crippen LogP contribution in [0.4, 0.5) is 0 Å². The van der Waals surface area contributed by atoms with Crippen LogP contribution >= 0.6 is 0 Å². The number of hydrogen-bond acceptors (Lipinski definition) is 4. The SMILES string of the molecule is CC(C)C(N)CCN(C)S(=O)(=O)c1cc(C(N)=O)n(C)c1. The highest BCUT2D eigenvalue weighted by atomic mass is 32.2. The summed E-state index contributed by atoms with van der Waals surface area (Å²) in [5.74, 6) is -0.372. The Balaban J connectivity index is 2.90. The number of nitrogens with zero attached hydrogens (tertiary/aromatic N) is 2. The van der Waals surface area contributed by atoms with Gasteiger partial charge in [-0.05, 0) is 18.4 Å². The van der Waals surface area contributed by atoms with Crippen LogP contribution in [0.15, 0.2) is 17.2 Å². The van der Waals surface area contributed by atoms with E-state index in [4.69, 9.17) is 11.5 Å². The molecule has 0 aromatic carbocycles. The van der Waals surface area contributed by atoms with Crippen molar-refractivity contribution in [1.29, 1.82) is 0 Å². The van der Waals surface area contributed by atoms with E-state index in [9.17, 15) is 13.2 Å². The third-order valence-corrected chi connectivity index (χ3v) is 5.40. The Morgan fingerprint density at radius 2 is 2.00 bits per heavy atom. The molecule has 1 unspecified atom stereocenters. The molecule has 0 spiro atoms. The largest absolute Gasteiger partial charge is 0.364 e. The number of sulfonamides is 1. The Labute approximate surface area is 125 Å². The molecule has 1 aromatic heterocycles. The van der Waals surface area contributed by atoms with Crippen molar-refractivity contribution in [3.63, 3.8) is 0 Å². The highest BCUT2D eigenvalue weighted by molar-refractivity contribution is 7.89. The van der Waals surface area contributed by atoms with Crippen molar-refractivity contribution < 1.29 is 13.2 Å². The molecule has 0 saturated heterocycles. The minimum absolute atomic E-state index is 0.0550. The Morgan fingerprint density at radius 3 is 2.43 bits per heavy atom. The number of primary amides is 1. The lowest BCUT2D eigenvalue weighted by atomic mass is 10.0. The van der Waals surface area contributed by atoms with Gasteiger partial charge in [0.1, 0.15) is 10.6 Å². The number of aryl methyl sites for hydroxylation is 1. The molecule has 1 aromatic rings. The minimum Gasteiger partial charge on any atom is -0.364 e. The maximum absolute atomic E-state index is 12.4. The van der Waals surface area contributed by atoms with Crippen LogP contribution in [0.1, 0.15) is 30.8 Å². The summed E-state index contributed by atoms with van der Waals surface area (Å²) in [6.45, 7) is 4.31. The standard InChI is InChI=1S/C13H24N4O3S/c1-9(2)11(14)5-6-17(4)21(19,20)10-7-12(13(15)18)16(3)8-10/h7-9,11H,5-6,14H2,1-4H3,(H2,15,18). The van der Waals surface area contributed by atoms with Crippen molar-refractivity contribution in [2.75, 3.05) is 13.6 Å². The van der Waals surface area contributed by atoms with Gasteiger partial charge < -0.3 is 16.0 Å². The molecule has 0 bridgehead atoms. The number of rotatable bonds is 7. The van der Waals surface area contributed by atoms with Gasteiger partial charge in [0, 0.05) is 32.9 Å². The second-order valence-electron chi connectivity index (χ2n) is 5.56. The van der Waals surface area contributed by atoms with Crippen molar-refractivity contribution in [2.45, 2.75) is 31.2 Å². The van der Waals surface area contributed by atoms with Gasteiger partial charge in [-0.15, -0.1) is 0 Å². The Bertz CT molecular complexity index is 607. The van der Waals surface area contributed by atoms with Crippen LogP contribution in [0.25, 0.3) is 0 Å². The summed E-state index contributed by atoms with van der Waals surface area (Å²) in [4.78, 5) is 11.3. The van der Waals surface area contributed by atoms with Gasteiger partial charge in [0.05, 0.1) is 0 Å². The monoisotopic (exact) mass is 316 g/mol. The third-order valence-electron chi connectivity index (χ3n) is 3.57. The summed E-state index contributed by atoms with van der Waals surface area (Å²) in [5, 5.41) is 0. The lowest BCUT2D eigenvalue weighted by Gasteiger charge is -2.20. The van der Waals surface area contributed by atoms with Crippen LogP contribution < -0.4 is 11.5 Å². The van der Waals surface area contributed by atoms with E-state index in [2.05, 4.69) is 0 Å². The molecule has 0 saturated carbocycles. The molecular weight excluding hydrogens is 292 g/mol. The summed E-state index contributed by atoms with van der Waals surface area (Å²) in [5.41, 5.74) is 11.3. The van der Waals surface area contributed by atoms with Crippen molar-refractivity contribution >= 4 is 15.9 Å². The predicted molar refractivity (Wildman–Crippen MR) is 81.2 cm³/mol. The number of aromatic nitrogens is 1. The fourth-order valence-corrected chi connectivity index (χ4v) is 3.14. The number of carbonyl (C=O) groups is 1. The van der Waals surface area contributed by atoms with E-state index in [1.54, 1.807) is 7.05 Å². The van der Waals surface area contributed by atoms with E-state index >= 15 is 0 Å². The summed E-state index contributed by atoms with van der Waals surface area (Å²) in [6.07, 6.45) is 1.96. The van der Waals surface area contributed by atoms with E-state index in [0.29, 0.717) is 18.9 Å². The molecule has 0 aliphatic heterocycles. The third kappa shape index (κ3) is 4.05. The molecular formula is C13H24N4O3S. The number of hydrogen-bond donors (Lipinski definition) is 2. The molecule has 0 radical (unpaired) electrons. The van der Waals surface area contributed by atoms with Crippen LogP contribution in [0.3, 0.4) is 0 Å². The van der Waals surface area contributed by atoms with E-state index < -0.39 is 15.9 Å². The van der Waals surface area contributed by atoms with Crippen LogP contribution in [0, 0.1) is 5.92 Å². The molecule has 120 valence electrons. The van der Waals surface area contributed by atoms with Gasteiger partial charge in [-0.2, -0.15) is 0 Å². The van der Waals surface area contributed by atoms with Crippen LogP contribution in [0.2, 0.25) is 0 Å². The molecule has 0 aliphatic carbocycles. The number of carbonyl (C=O) groups excluding carboxylic acids is 1. The van der Waals surface area contributed by atoms with Gasteiger partial charge in [0.15, 0.2) is 0 Å². The zero-order valence-electron chi connectivity index (χ0n) is 12.9. The molecule has 1 rings (SSSR count). The van der Waals surface area contributed by atoms with E-state index in [1.807, 2.05) is 13.8 Å². The summed E-state index contributed by atoms with van der Waals surface area (Å²) < 4.78 is 27.5. The fraction of sp³-hybridized carbons (Fsp3) is 0.615. The minimum atomic E-state index is -3.65. The zero-order chi connectivity index (χ0) is 16.4. The lowest BCUT2D eigenvalue weighted by Crippen LogP contribution is -2.34. The molecule has 1 amide bonds.